The second kappa shape index (κ2) is 35.3. The van der Waals surface area contributed by atoms with Crippen LogP contribution in [0.25, 0.3) is 5.69 Å². The van der Waals surface area contributed by atoms with Crippen LogP contribution in [0.15, 0.2) is 77.7 Å². The highest BCUT2D eigenvalue weighted by Crippen LogP contribution is 2.47. The van der Waals surface area contributed by atoms with Crippen molar-refractivity contribution in [2.45, 2.75) is 163 Å². The summed E-state index contributed by atoms with van der Waals surface area (Å²) in [7, 11) is 0. The Labute approximate surface area is 647 Å². The molecule has 13 rings (SSSR count). The number of imide groups is 1. The molecule has 2 amide bonds. The van der Waals surface area contributed by atoms with Gasteiger partial charge >= 0.3 is 11.8 Å². The first kappa shape index (κ1) is 80.4. The summed E-state index contributed by atoms with van der Waals surface area (Å²) in [5.41, 5.74) is 23.7. The second-order valence-electron chi connectivity index (χ2n) is 26.6. The molecule has 0 saturated carbocycles. The first-order valence-corrected chi connectivity index (χ1v) is 36.6. The molecule has 0 atom stereocenters. The Morgan fingerprint density at radius 1 is 0.569 bits per heavy atom. The minimum Gasteiger partial charge on any atom is -0.450 e. The number of hydrogen-bond donors (Lipinski definition) is 8. The molecule has 0 fully saturated rings. The largest absolute Gasteiger partial charge is 0.450 e. The number of nitrogen functional groups attached to an aromatic ring is 2. The number of hydrazone groups is 1. The number of alkyl carbamates (subject to hydrolysis) is 1. The minimum atomic E-state index is -0.999. The fourth-order valence-electron chi connectivity index (χ4n) is 12.7. The van der Waals surface area contributed by atoms with E-state index in [1.807, 2.05) is 66.8 Å². The van der Waals surface area contributed by atoms with Gasteiger partial charge in [0.2, 0.25) is 34.9 Å². The number of H-pyrrole nitrogens is 4. The van der Waals surface area contributed by atoms with Crippen molar-refractivity contribution in [3.8, 4) is 64.3 Å². The fourth-order valence-corrected chi connectivity index (χ4v) is 14.1. The van der Waals surface area contributed by atoms with Crippen LogP contribution in [0, 0.1) is 22.7 Å². The molecule has 0 radical (unpaired) electrons. The van der Waals surface area contributed by atoms with Crippen LogP contribution in [-0.2, 0) is 60.9 Å². The lowest BCUT2D eigenvalue weighted by Crippen LogP contribution is -2.36. The lowest BCUT2D eigenvalue weighted by atomic mass is 10.1. The van der Waals surface area contributed by atoms with E-state index in [1.165, 1.54) is 12.3 Å². The number of amides is 2. The maximum Gasteiger partial charge on any atom is 0.414 e. The van der Waals surface area contributed by atoms with Gasteiger partial charge in [-0.05, 0) is 154 Å². The molecule has 0 bridgehead atoms. The number of aromatic amines is 4. The molecule has 0 spiro atoms. The molecule has 0 aliphatic heterocycles. The third-order valence-corrected chi connectivity index (χ3v) is 19.3. The zero-order valence-electron chi connectivity index (χ0n) is 60.5. The van der Waals surface area contributed by atoms with Gasteiger partial charge in [0.1, 0.15) is 17.8 Å². The molecular formula is C74H75Cl5N18O12. The van der Waals surface area contributed by atoms with Crippen molar-refractivity contribution in [1.82, 2.24) is 60.6 Å². The smallest absolute Gasteiger partial charge is 0.414 e. The van der Waals surface area contributed by atoms with E-state index in [4.69, 9.17) is 93.7 Å². The molecule has 0 saturated heterocycles. The summed E-state index contributed by atoms with van der Waals surface area (Å²) < 4.78 is 29.3. The molecule has 4 aliphatic rings. The Balaban J connectivity index is 0.000000157. The average molecular weight is 1590 g/mol. The van der Waals surface area contributed by atoms with E-state index < -0.39 is 34.7 Å². The summed E-state index contributed by atoms with van der Waals surface area (Å²) in [6.45, 7) is 17.1. The van der Waals surface area contributed by atoms with E-state index in [0.717, 1.165) is 112 Å². The van der Waals surface area contributed by atoms with Crippen LogP contribution in [0.2, 0.25) is 25.2 Å². The second-order valence-corrected chi connectivity index (χ2v) is 28.6. The first-order valence-electron chi connectivity index (χ1n) is 34.8. The van der Waals surface area contributed by atoms with Gasteiger partial charge in [-0.2, -0.15) is 20.3 Å². The predicted molar refractivity (Wildman–Crippen MR) is 412 cm³/mol. The van der Waals surface area contributed by atoms with Crippen molar-refractivity contribution >= 4 is 92.8 Å². The number of nitrogens with one attached hydrogen (secondary N) is 6. The molecule has 5 heterocycles. The van der Waals surface area contributed by atoms with Gasteiger partial charge in [-0.25, -0.2) is 24.8 Å². The van der Waals surface area contributed by atoms with Crippen molar-refractivity contribution in [3.05, 3.63) is 198 Å². The standard InChI is InChI=1S/C22H23ClN6O5.C20H17ClN6O4.C16H17Cl2N3O.C16H18ClN3O2/c1-4-33-22(32)27-20(30)16(9-24)29-28-15-8-14(23)19(13-7-5-6-12(13)15)34-17-10-25-21(31)18(26-17)11(2)3;1-9(2)12-6-16(24-25-18(12)28)31-17-11-5-3-4-10(11)15(7-13(17)21)27-20(30)23-19(29)14(8-22)26-27;1-8(2)11-6-14(20-21-16(11)18)22-15-10-5-3-4-9(10)13(19)7-12(15)17;1-8(2)11-6-14(19-20-16(11)21)22-15-10-5-3-4-9(10)13(18)7-12(15)17/h8,10-11,28H,4-7H2,1-3H3,(H,25,31)(H,27,30,32);6-7,9H,3-5H2,1-2H3,(H,25,28)(H,23,29,30);6-8H,3-5,19H2,1-2H3;6-8H,3-5,18H2,1-2H3,(H,20,21)/b29-16+;;;. The molecule has 4 aliphatic carbocycles. The number of fused-ring (bicyclic) bond motifs is 4. The summed E-state index contributed by atoms with van der Waals surface area (Å²) in [6.07, 6.45) is 10.4. The summed E-state index contributed by atoms with van der Waals surface area (Å²) in [5, 5.41) is 50.6. The Kier molecular flexibility index (Phi) is 26.0. The number of nitriles is 2. The Hall–Kier alpha value is -11.2. The molecule has 568 valence electrons. The number of rotatable bonds is 17. The molecule has 35 heteroatoms. The van der Waals surface area contributed by atoms with Crippen molar-refractivity contribution in [1.29, 1.82) is 10.5 Å². The molecule has 0 unspecified atom stereocenters. The average Bonchev–Trinajstić information content (AvgIpc) is 1.33. The van der Waals surface area contributed by atoms with Crippen LogP contribution in [0.5, 0.6) is 46.5 Å². The van der Waals surface area contributed by atoms with Gasteiger partial charge < -0.3 is 40.1 Å². The number of carbonyl (C=O) groups is 2. The Morgan fingerprint density at radius 2 is 1.03 bits per heavy atom. The van der Waals surface area contributed by atoms with Crippen LogP contribution in [0.4, 0.5) is 21.9 Å². The van der Waals surface area contributed by atoms with Crippen LogP contribution >= 0.6 is 58.0 Å². The van der Waals surface area contributed by atoms with Crippen molar-refractivity contribution < 1.29 is 33.3 Å². The van der Waals surface area contributed by atoms with E-state index >= 15 is 0 Å². The van der Waals surface area contributed by atoms with E-state index in [1.54, 1.807) is 49.4 Å². The number of benzene rings is 4. The molecule has 109 heavy (non-hydrogen) atoms. The quantitative estimate of drug-likeness (QED) is 0.0238. The topological polar surface area (TPSA) is 447 Å². The van der Waals surface area contributed by atoms with Crippen LogP contribution in [0.1, 0.15) is 184 Å². The SMILES string of the molecule is CC(C)c1cc(Oc2c(Cl)cc(-n3nc(C#N)c(=O)[nH]c3=O)c3c2CCC3)n[nH]c1=O.CC(C)c1cc(Oc2c(Cl)cc(N)c3c2CCC3)n[nH]c1=O.CC(C)c1cc(Oc2c(Cl)cc(N)c3c2CCC3)nnc1Cl.CCOC(=O)NC(=O)/C(C#N)=N/Nc1cc(Cl)c(Oc2c[nH]c(=O)c(C(C)C)n2)c2c1CCC2. The van der Waals surface area contributed by atoms with Gasteiger partial charge in [-0.15, -0.1) is 25.5 Å². The third kappa shape index (κ3) is 18.5. The summed E-state index contributed by atoms with van der Waals surface area (Å²) >= 11 is 31.7. The van der Waals surface area contributed by atoms with Gasteiger partial charge in [0.05, 0.1) is 44.3 Å². The van der Waals surface area contributed by atoms with Gasteiger partial charge in [-0.3, -0.25) is 39.7 Å². The molecule has 5 aromatic heterocycles. The zero-order chi connectivity index (χ0) is 78.8. The monoisotopic (exact) mass is 1580 g/mol. The van der Waals surface area contributed by atoms with E-state index in [-0.39, 0.29) is 68.8 Å². The first-order chi connectivity index (χ1) is 52.0. The Bertz CT molecular complexity index is 5490. The van der Waals surface area contributed by atoms with Crippen LogP contribution in [-0.4, -0.2) is 79.6 Å². The third-order valence-electron chi connectivity index (χ3n) is 17.9. The summed E-state index contributed by atoms with van der Waals surface area (Å²) in [4.78, 5) is 92.2. The molecule has 9 aromatic rings. The number of halogens is 5. The summed E-state index contributed by atoms with van der Waals surface area (Å²) in [5.74, 6) is 2.37. The van der Waals surface area contributed by atoms with Gasteiger partial charge in [0.25, 0.3) is 28.1 Å². The molecule has 30 nitrogen and oxygen atoms in total. The highest BCUT2D eigenvalue weighted by atomic mass is 35.5. The minimum absolute atomic E-state index is 0.0230. The maximum absolute atomic E-state index is 12.3. The van der Waals surface area contributed by atoms with Gasteiger partial charge in [0.15, 0.2) is 28.2 Å². The molecular weight excluding hydrogens is 1510 g/mol. The lowest BCUT2D eigenvalue weighted by molar-refractivity contribution is -0.114. The summed E-state index contributed by atoms with van der Waals surface area (Å²) in [6, 6.07) is 14.9. The van der Waals surface area contributed by atoms with Crippen molar-refractivity contribution in [2.75, 3.05) is 23.5 Å². The number of hydrogen-bond acceptors (Lipinski definition) is 24. The van der Waals surface area contributed by atoms with Crippen molar-refractivity contribution in [3.63, 3.8) is 0 Å². The van der Waals surface area contributed by atoms with E-state index in [2.05, 4.69) is 65.9 Å². The highest BCUT2D eigenvalue weighted by molar-refractivity contribution is 6.47. The number of nitrogens with two attached hydrogens (primary N) is 2. The van der Waals surface area contributed by atoms with Crippen LogP contribution in [0.3, 0.4) is 0 Å². The maximum atomic E-state index is 12.3. The normalized spacial score (nSPS) is 13.0. The molecule has 10 N–H and O–H groups in total. The zero-order valence-corrected chi connectivity index (χ0v) is 64.3. The van der Waals surface area contributed by atoms with Crippen LogP contribution < -0.4 is 69.1 Å². The van der Waals surface area contributed by atoms with Crippen molar-refractivity contribution in [2.24, 2.45) is 5.10 Å². The fraction of sp³-hybridized carbons (Fsp3) is 0.351. The number of ether oxygens (including phenoxy) is 5. The number of aromatic nitrogens is 11. The predicted octanol–water partition coefficient (Wildman–Crippen LogP) is 13.5. The number of nitrogens with zero attached hydrogens (tertiary/aromatic N) is 10. The van der Waals surface area contributed by atoms with E-state index in [0.29, 0.717) is 110 Å². The highest BCUT2D eigenvalue weighted by Gasteiger charge is 2.30. The van der Waals surface area contributed by atoms with E-state index in [9.17, 15) is 38.8 Å². The van der Waals surface area contributed by atoms with Gasteiger partial charge in [-0.1, -0.05) is 113 Å². The molecule has 4 aromatic carbocycles. The van der Waals surface area contributed by atoms with Gasteiger partial charge in [0, 0.05) is 68.9 Å². The Morgan fingerprint density at radius 3 is 1.53 bits per heavy atom. The number of carbonyl (C=O) groups excluding carboxylic acids is 2. The lowest BCUT2D eigenvalue weighted by Gasteiger charge is -2.16. The number of anilines is 3.